The Kier molecular flexibility index (Phi) is 3.91. The molecule has 0 saturated heterocycles. The van der Waals surface area contributed by atoms with Gasteiger partial charge in [0.25, 0.3) is 0 Å². The third-order valence-electron chi connectivity index (χ3n) is 3.34. The van der Waals surface area contributed by atoms with E-state index in [9.17, 15) is 13.2 Å². The maximum atomic E-state index is 12.1. The molecule has 104 valence electrons. The minimum Gasteiger partial charge on any atom is -0.481 e. The molecular weight excluding hydrogens is 266 g/mol. The van der Waals surface area contributed by atoms with Crippen molar-refractivity contribution < 1.29 is 18.3 Å². The Morgan fingerprint density at radius 1 is 1.37 bits per heavy atom. The molecule has 0 spiro atoms. The van der Waals surface area contributed by atoms with Gasteiger partial charge in [0.2, 0.25) is 10.0 Å². The molecule has 6 heteroatoms. The average Bonchev–Trinajstić information content (AvgIpc) is 3.06. The zero-order valence-corrected chi connectivity index (χ0v) is 11.5. The maximum absolute atomic E-state index is 12.1. The second kappa shape index (κ2) is 5.30. The summed E-state index contributed by atoms with van der Waals surface area (Å²) in [5, 5.41) is 8.65. The molecule has 2 atom stereocenters. The van der Waals surface area contributed by atoms with Gasteiger partial charge in [0.05, 0.1) is 11.3 Å². The highest BCUT2D eigenvalue weighted by molar-refractivity contribution is 7.89. The van der Waals surface area contributed by atoms with Gasteiger partial charge in [-0.15, -0.1) is 0 Å². The van der Waals surface area contributed by atoms with Crippen molar-refractivity contribution in [1.82, 2.24) is 4.72 Å². The predicted octanol–water partition coefficient (Wildman–Crippen LogP) is 1.39. The molecule has 1 aliphatic rings. The summed E-state index contributed by atoms with van der Waals surface area (Å²) >= 11 is 0. The molecule has 1 saturated carbocycles. The van der Waals surface area contributed by atoms with Gasteiger partial charge < -0.3 is 5.11 Å². The van der Waals surface area contributed by atoms with E-state index >= 15 is 0 Å². The molecule has 1 aromatic rings. The van der Waals surface area contributed by atoms with E-state index in [0.29, 0.717) is 11.5 Å². The minimum absolute atomic E-state index is 0.0497. The van der Waals surface area contributed by atoms with Gasteiger partial charge >= 0.3 is 5.97 Å². The maximum Gasteiger partial charge on any atom is 0.307 e. The first-order valence-corrected chi connectivity index (χ1v) is 7.73. The number of sulfonamides is 1. The molecule has 0 heterocycles. The van der Waals surface area contributed by atoms with Gasteiger partial charge in [-0.25, -0.2) is 13.1 Å². The number of carboxylic acid groups (broad SMARTS) is 1. The lowest BCUT2D eigenvalue weighted by atomic mass is 10.2. The molecule has 0 radical (unpaired) electrons. The van der Waals surface area contributed by atoms with Crippen LogP contribution in [0.1, 0.15) is 25.3 Å². The van der Waals surface area contributed by atoms with Crippen LogP contribution in [0.25, 0.3) is 0 Å². The summed E-state index contributed by atoms with van der Waals surface area (Å²) in [6, 6.07) is 6.02. The van der Waals surface area contributed by atoms with Crippen LogP contribution in [0.5, 0.6) is 0 Å². The monoisotopic (exact) mass is 283 g/mol. The van der Waals surface area contributed by atoms with E-state index in [1.165, 1.54) is 24.3 Å². The average molecular weight is 283 g/mol. The number of hydrogen-bond donors (Lipinski definition) is 2. The SMILES string of the molecule is CCC1CC1NS(=O)(=O)c1ccc(CC(=O)O)cc1. The second-order valence-electron chi connectivity index (χ2n) is 4.85. The lowest BCUT2D eigenvalue weighted by molar-refractivity contribution is -0.136. The molecule has 1 aromatic carbocycles. The van der Waals surface area contributed by atoms with Gasteiger partial charge in [-0.1, -0.05) is 25.5 Å². The Labute approximate surface area is 112 Å². The van der Waals surface area contributed by atoms with Crippen LogP contribution in [0.2, 0.25) is 0 Å². The van der Waals surface area contributed by atoms with Crippen molar-refractivity contribution >= 4 is 16.0 Å². The largest absolute Gasteiger partial charge is 0.481 e. The van der Waals surface area contributed by atoms with Crippen molar-refractivity contribution in [2.45, 2.75) is 37.1 Å². The summed E-state index contributed by atoms with van der Waals surface area (Å²) in [6.45, 7) is 2.04. The Morgan fingerprint density at radius 2 is 2.00 bits per heavy atom. The predicted molar refractivity (Wildman–Crippen MR) is 70.3 cm³/mol. The van der Waals surface area contributed by atoms with Crippen LogP contribution in [0.15, 0.2) is 29.2 Å². The molecule has 2 unspecified atom stereocenters. The molecule has 5 nitrogen and oxygen atoms in total. The van der Waals surface area contributed by atoms with Crippen LogP contribution >= 0.6 is 0 Å². The third kappa shape index (κ3) is 3.54. The number of hydrogen-bond acceptors (Lipinski definition) is 3. The van der Waals surface area contributed by atoms with E-state index < -0.39 is 16.0 Å². The van der Waals surface area contributed by atoms with Crippen molar-refractivity contribution in [2.75, 3.05) is 0 Å². The molecule has 19 heavy (non-hydrogen) atoms. The van der Waals surface area contributed by atoms with Crippen LogP contribution in [-0.2, 0) is 21.2 Å². The molecule has 0 bridgehead atoms. The highest BCUT2D eigenvalue weighted by Gasteiger charge is 2.38. The highest BCUT2D eigenvalue weighted by Crippen LogP contribution is 2.34. The fourth-order valence-corrected chi connectivity index (χ4v) is 3.39. The van der Waals surface area contributed by atoms with Crippen molar-refractivity contribution in [3.8, 4) is 0 Å². The number of aliphatic carboxylic acids is 1. The van der Waals surface area contributed by atoms with Crippen LogP contribution in [0, 0.1) is 5.92 Å². The fraction of sp³-hybridized carbons (Fsp3) is 0.462. The van der Waals surface area contributed by atoms with Gasteiger partial charge in [0.15, 0.2) is 0 Å². The van der Waals surface area contributed by atoms with Crippen molar-refractivity contribution in [3.05, 3.63) is 29.8 Å². The fourth-order valence-electron chi connectivity index (χ4n) is 2.07. The number of benzene rings is 1. The summed E-state index contributed by atoms with van der Waals surface area (Å²) < 4.78 is 26.8. The number of nitrogens with one attached hydrogen (secondary N) is 1. The highest BCUT2D eigenvalue weighted by atomic mass is 32.2. The smallest absolute Gasteiger partial charge is 0.307 e. The van der Waals surface area contributed by atoms with Crippen LogP contribution in [0.4, 0.5) is 0 Å². The Hall–Kier alpha value is -1.40. The van der Waals surface area contributed by atoms with E-state index in [2.05, 4.69) is 4.72 Å². The summed E-state index contributed by atoms with van der Waals surface area (Å²) in [5.74, 6) is -0.487. The summed E-state index contributed by atoms with van der Waals surface area (Å²) in [4.78, 5) is 10.7. The molecule has 0 aliphatic heterocycles. The quantitative estimate of drug-likeness (QED) is 0.826. The van der Waals surface area contributed by atoms with Gasteiger partial charge in [-0.3, -0.25) is 4.79 Å². The standard InChI is InChI=1S/C13H17NO4S/c1-2-10-8-12(10)14-19(17,18)11-5-3-9(4-6-11)7-13(15)16/h3-6,10,12,14H,2,7-8H2,1H3,(H,15,16). The van der Waals surface area contributed by atoms with Crippen molar-refractivity contribution in [1.29, 1.82) is 0 Å². The number of rotatable bonds is 6. The molecular formula is C13H17NO4S. The lowest BCUT2D eigenvalue weighted by Crippen LogP contribution is -2.27. The molecule has 0 aromatic heterocycles. The van der Waals surface area contributed by atoms with Crippen molar-refractivity contribution in [2.24, 2.45) is 5.92 Å². The summed E-state index contributed by atoms with van der Waals surface area (Å²) in [7, 11) is -3.48. The lowest BCUT2D eigenvalue weighted by Gasteiger charge is -2.06. The molecule has 2 rings (SSSR count). The Balaban J connectivity index is 2.06. The zero-order valence-electron chi connectivity index (χ0n) is 10.7. The van der Waals surface area contributed by atoms with Crippen LogP contribution < -0.4 is 4.72 Å². The van der Waals surface area contributed by atoms with E-state index in [-0.39, 0.29) is 17.4 Å². The minimum atomic E-state index is -3.48. The topological polar surface area (TPSA) is 83.5 Å². The number of carbonyl (C=O) groups is 1. The van der Waals surface area contributed by atoms with Gasteiger partial charge in [-0.05, 0) is 30.0 Å². The normalized spacial score (nSPS) is 22.2. The third-order valence-corrected chi connectivity index (χ3v) is 4.85. The first kappa shape index (κ1) is 14.0. The van der Waals surface area contributed by atoms with Gasteiger partial charge in [0, 0.05) is 6.04 Å². The Morgan fingerprint density at radius 3 is 2.47 bits per heavy atom. The second-order valence-corrected chi connectivity index (χ2v) is 6.56. The number of carboxylic acids is 1. The summed E-state index contributed by atoms with van der Waals surface area (Å²) in [6.07, 6.45) is 1.77. The van der Waals surface area contributed by atoms with Crippen LogP contribution in [-0.4, -0.2) is 25.5 Å². The first-order chi connectivity index (χ1) is 8.92. The van der Waals surface area contributed by atoms with E-state index in [1.807, 2.05) is 6.92 Å². The van der Waals surface area contributed by atoms with E-state index in [0.717, 1.165) is 12.8 Å². The van der Waals surface area contributed by atoms with Gasteiger partial charge in [0.1, 0.15) is 0 Å². The van der Waals surface area contributed by atoms with E-state index in [4.69, 9.17) is 5.11 Å². The van der Waals surface area contributed by atoms with Crippen LogP contribution in [0.3, 0.4) is 0 Å². The van der Waals surface area contributed by atoms with Crippen molar-refractivity contribution in [3.63, 3.8) is 0 Å². The molecule has 2 N–H and O–H groups in total. The zero-order chi connectivity index (χ0) is 14.0. The first-order valence-electron chi connectivity index (χ1n) is 6.25. The van der Waals surface area contributed by atoms with Gasteiger partial charge in [-0.2, -0.15) is 0 Å². The van der Waals surface area contributed by atoms with E-state index in [1.54, 1.807) is 0 Å². The Bertz CT molecular complexity index is 565. The summed E-state index contributed by atoms with van der Waals surface area (Å²) in [5.41, 5.74) is 0.587. The molecule has 1 aliphatic carbocycles. The molecule has 1 fully saturated rings. The molecule has 0 amide bonds.